The van der Waals surface area contributed by atoms with Gasteiger partial charge in [0.05, 0.1) is 0 Å². The maximum absolute atomic E-state index is 13.6. The van der Waals surface area contributed by atoms with Crippen LogP contribution in [0.25, 0.3) is 0 Å². The standard InChI is InChI=1S/C19H28FN/c1-13-5-6-17(20)8-14(13)9-19(12-21-18(2,3)4)10-15-7-16(15)11-19/h5-6,8,15-16,21H,7,9-12H2,1-4H3. The van der Waals surface area contributed by atoms with E-state index >= 15 is 0 Å². The van der Waals surface area contributed by atoms with Gasteiger partial charge in [0.2, 0.25) is 0 Å². The topological polar surface area (TPSA) is 12.0 Å². The van der Waals surface area contributed by atoms with E-state index in [9.17, 15) is 4.39 Å². The minimum Gasteiger partial charge on any atom is -0.312 e. The van der Waals surface area contributed by atoms with Crippen molar-refractivity contribution in [3.05, 3.63) is 35.1 Å². The zero-order chi connectivity index (χ0) is 15.3. The van der Waals surface area contributed by atoms with Crippen LogP contribution < -0.4 is 5.32 Å². The molecule has 2 fully saturated rings. The molecule has 1 nitrogen and oxygen atoms in total. The first-order chi connectivity index (χ1) is 9.76. The van der Waals surface area contributed by atoms with Gasteiger partial charge in [-0.05, 0) is 93.9 Å². The van der Waals surface area contributed by atoms with Crippen molar-refractivity contribution >= 4 is 0 Å². The zero-order valence-corrected chi connectivity index (χ0v) is 13.8. The second-order valence-electron chi connectivity index (χ2n) is 8.52. The van der Waals surface area contributed by atoms with Gasteiger partial charge in [-0.25, -0.2) is 4.39 Å². The van der Waals surface area contributed by atoms with Crippen molar-refractivity contribution < 1.29 is 4.39 Å². The molecule has 0 heterocycles. The minimum atomic E-state index is -0.0994. The van der Waals surface area contributed by atoms with E-state index in [2.05, 4.69) is 33.0 Å². The van der Waals surface area contributed by atoms with E-state index in [0.717, 1.165) is 24.8 Å². The lowest BCUT2D eigenvalue weighted by Gasteiger charge is -2.35. The van der Waals surface area contributed by atoms with Gasteiger partial charge in [0.1, 0.15) is 5.82 Å². The Morgan fingerprint density at radius 1 is 1.24 bits per heavy atom. The maximum Gasteiger partial charge on any atom is 0.123 e. The van der Waals surface area contributed by atoms with Crippen molar-refractivity contribution in [2.75, 3.05) is 6.54 Å². The largest absolute Gasteiger partial charge is 0.312 e. The Hall–Kier alpha value is -0.890. The summed E-state index contributed by atoms with van der Waals surface area (Å²) in [6, 6.07) is 5.24. The summed E-state index contributed by atoms with van der Waals surface area (Å²) < 4.78 is 13.6. The average Bonchev–Trinajstić information content (AvgIpc) is 2.99. The van der Waals surface area contributed by atoms with Gasteiger partial charge in [-0.1, -0.05) is 6.07 Å². The van der Waals surface area contributed by atoms with Gasteiger partial charge < -0.3 is 5.32 Å². The van der Waals surface area contributed by atoms with Crippen LogP contribution in [0.2, 0.25) is 0 Å². The molecule has 2 atom stereocenters. The number of hydrogen-bond donors (Lipinski definition) is 1. The van der Waals surface area contributed by atoms with E-state index in [1.807, 2.05) is 6.07 Å². The van der Waals surface area contributed by atoms with Crippen LogP contribution in [0.1, 0.15) is 51.2 Å². The van der Waals surface area contributed by atoms with Crippen molar-refractivity contribution in [2.45, 2.75) is 58.9 Å². The number of halogens is 1. The lowest BCUT2D eigenvalue weighted by Crippen LogP contribution is -2.44. The van der Waals surface area contributed by atoms with E-state index in [-0.39, 0.29) is 11.4 Å². The fourth-order valence-corrected chi connectivity index (χ4v) is 4.04. The van der Waals surface area contributed by atoms with E-state index < -0.39 is 0 Å². The van der Waals surface area contributed by atoms with E-state index in [1.54, 1.807) is 12.1 Å². The summed E-state index contributed by atoms with van der Waals surface area (Å²) in [5.41, 5.74) is 2.91. The van der Waals surface area contributed by atoms with E-state index in [1.165, 1.54) is 30.4 Å². The minimum absolute atomic E-state index is 0.0994. The Bertz CT molecular complexity index is 519. The molecule has 2 unspecified atom stereocenters. The van der Waals surface area contributed by atoms with Crippen LogP contribution in [-0.2, 0) is 6.42 Å². The molecule has 116 valence electrons. The van der Waals surface area contributed by atoms with Crippen molar-refractivity contribution in [1.29, 1.82) is 0 Å². The summed E-state index contributed by atoms with van der Waals surface area (Å²) in [5, 5.41) is 3.71. The molecule has 2 aliphatic rings. The van der Waals surface area contributed by atoms with Crippen LogP contribution in [0.5, 0.6) is 0 Å². The SMILES string of the molecule is Cc1ccc(F)cc1CC1(CNC(C)(C)C)CC2CC2C1. The Kier molecular flexibility index (Phi) is 3.64. The predicted octanol–water partition coefficient (Wildman–Crippen LogP) is 4.48. The first kappa shape index (κ1) is 15.0. The summed E-state index contributed by atoms with van der Waals surface area (Å²) in [4.78, 5) is 0. The van der Waals surface area contributed by atoms with Crippen LogP contribution in [0.15, 0.2) is 18.2 Å². The van der Waals surface area contributed by atoms with Gasteiger partial charge in [0.25, 0.3) is 0 Å². The Morgan fingerprint density at radius 2 is 1.90 bits per heavy atom. The Balaban J connectivity index is 1.78. The zero-order valence-electron chi connectivity index (χ0n) is 13.8. The van der Waals surface area contributed by atoms with Crippen LogP contribution >= 0.6 is 0 Å². The van der Waals surface area contributed by atoms with Crippen molar-refractivity contribution in [3.63, 3.8) is 0 Å². The highest BCUT2D eigenvalue weighted by molar-refractivity contribution is 5.28. The molecule has 2 heteroatoms. The first-order valence-electron chi connectivity index (χ1n) is 8.26. The Morgan fingerprint density at radius 3 is 2.52 bits per heavy atom. The summed E-state index contributed by atoms with van der Waals surface area (Å²) in [6.07, 6.45) is 5.08. The predicted molar refractivity (Wildman–Crippen MR) is 85.9 cm³/mol. The molecule has 0 aromatic heterocycles. The maximum atomic E-state index is 13.6. The second kappa shape index (κ2) is 5.08. The lowest BCUT2D eigenvalue weighted by molar-refractivity contribution is 0.221. The first-order valence-corrected chi connectivity index (χ1v) is 8.26. The highest BCUT2D eigenvalue weighted by atomic mass is 19.1. The summed E-state index contributed by atoms with van der Waals surface area (Å²) in [7, 11) is 0. The van der Waals surface area contributed by atoms with Crippen LogP contribution in [0.4, 0.5) is 4.39 Å². The molecule has 0 amide bonds. The fourth-order valence-electron chi connectivity index (χ4n) is 4.04. The molecule has 0 bridgehead atoms. The molecule has 0 aliphatic heterocycles. The van der Waals surface area contributed by atoms with Crippen LogP contribution in [0, 0.1) is 30.0 Å². The molecule has 3 rings (SSSR count). The number of nitrogens with one attached hydrogen (secondary N) is 1. The number of benzene rings is 1. The van der Waals surface area contributed by atoms with Gasteiger partial charge in [-0.15, -0.1) is 0 Å². The summed E-state index contributed by atoms with van der Waals surface area (Å²) in [6.45, 7) is 9.84. The smallest absolute Gasteiger partial charge is 0.123 e. The molecule has 0 saturated heterocycles. The molecule has 1 aromatic carbocycles. The number of fused-ring (bicyclic) bond motifs is 1. The van der Waals surface area contributed by atoms with Crippen molar-refractivity contribution in [1.82, 2.24) is 5.32 Å². The van der Waals surface area contributed by atoms with E-state index in [0.29, 0.717) is 5.41 Å². The van der Waals surface area contributed by atoms with Gasteiger partial charge in [0.15, 0.2) is 0 Å². The van der Waals surface area contributed by atoms with Gasteiger partial charge in [0, 0.05) is 12.1 Å². The molecule has 2 saturated carbocycles. The van der Waals surface area contributed by atoms with Gasteiger partial charge >= 0.3 is 0 Å². The molecule has 1 aromatic rings. The molecule has 2 aliphatic carbocycles. The number of rotatable bonds is 4. The Labute approximate surface area is 128 Å². The average molecular weight is 289 g/mol. The van der Waals surface area contributed by atoms with Gasteiger partial charge in [-0.2, -0.15) is 0 Å². The van der Waals surface area contributed by atoms with Crippen LogP contribution in [-0.4, -0.2) is 12.1 Å². The third kappa shape index (κ3) is 3.48. The van der Waals surface area contributed by atoms with Crippen molar-refractivity contribution in [3.8, 4) is 0 Å². The molecule has 21 heavy (non-hydrogen) atoms. The molecule has 1 N–H and O–H groups in total. The van der Waals surface area contributed by atoms with Gasteiger partial charge in [-0.3, -0.25) is 0 Å². The third-order valence-electron chi connectivity index (χ3n) is 5.33. The lowest BCUT2D eigenvalue weighted by atomic mass is 9.76. The second-order valence-corrected chi connectivity index (χ2v) is 8.52. The molecular weight excluding hydrogens is 261 g/mol. The highest BCUT2D eigenvalue weighted by Crippen LogP contribution is 2.60. The monoisotopic (exact) mass is 289 g/mol. The summed E-state index contributed by atoms with van der Waals surface area (Å²) >= 11 is 0. The van der Waals surface area contributed by atoms with Crippen LogP contribution in [0.3, 0.4) is 0 Å². The highest BCUT2D eigenvalue weighted by Gasteiger charge is 2.53. The molecular formula is C19H28FN. The molecule has 0 spiro atoms. The number of aryl methyl sites for hydroxylation is 1. The van der Waals surface area contributed by atoms with E-state index in [4.69, 9.17) is 0 Å². The number of hydrogen-bond acceptors (Lipinski definition) is 1. The quantitative estimate of drug-likeness (QED) is 0.861. The fraction of sp³-hybridized carbons (Fsp3) is 0.684. The van der Waals surface area contributed by atoms with Crippen molar-refractivity contribution in [2.24, 2.45) is 17.3 Å². The third-order valence-corrected chi connectivity index (χ3v) is 5.33. The normalized spacial score (nSPS) is 31.3. The molecule has 0 radical (unpaired) electrons. The summed E-state index contributed by atoms with van der Waals surface area (Å²) in [5.74, 6) is 1.79.